The van der Waals surface area contributed by atoms with E-state index < -0.39 is 5.41 Å². The fraction of sp³-hybridized carbons (Fsp3) is 0.625. The molecule has 1 unspecified atom stereocenters. The van der Waals surface area contributed by atoms with E-state index in [0.717, 1.165) is 6.42 Å². The Morgan fingerprint density at radius 2 is 2.00 bits per heavy atom. The maximum absolute atomic E-state index is 13.9. The smallest absolute Gasteiger partial charge is 0.127 e. The number of benzene rings is 1. The van der Waals surface area contributed by atoms with Gasteiger partial charge in [-0.3, -0.25) is 0 Å². The standard InChI is InChI=1S/C16H26FNO2/c1-13(2)7-9-20-10-8-16(11-18,12-19)14-5-3-4-6-15(14)17/h3-6,13,19H,7-12,18H2,1-2H3. The molecule has 0 aliphatic heterocycles. The molecular formula is C16H26FNO2. The van der Waals surface area contributed by atoms with Gasteiger partial charge in [-0.15, -0.1) is 0 Å². The van der Waals surface area contributed by atoms with Gasteiger partial charge in [-0.1, -0.05) is 32.0 Å². The molecule has 0 radical (unpaired) electrons. The third-order valence-corrected chi connectivity index (χ3v) is 3.70. The molecule has 0 aromatic heterocycles. The molecule has 3 N–H and O–H groups in total. The van der Waals surface area contributed by atoms with Crippen LogP contribution in [0.1, 0.15) is 32.3 Å². The van der Waals surface area contributed by atoms with Crippen molar-refractivity contribution in [3.05, 3.63) is 35.6 Å². The molecule has 0 spiro atoms. The van der Waals surface area contributed by atoms with Crippen molar-refractivity contribution < 1.29 is 14.2 Å². The highest BCUT2D eigenvalue weighted by atomic mass is 19.1. The molecule has 0 fully saturated rings. The van der Waals surface area contributed by atoms with Gasteiger partial charge in [0, 0.05) is 25.2 Å². The molecule has 4 heteroatoms. The fourth-order valence-electron chi connectivity index (χ4n) is 2.16. The van der Waals surface area contributed by atoms with Crippen molar-refractivity contribution >= 4 is 0 Å². The molecule has 0 amide bonds. The van der Waals surface area contributed by atoms with E-state index in [1.165, 1.54) is 6.07 Å². The van der Waals surface area contributed by atoms with E-state index in [2.05, 4.69) is 13.8 Å². The maximum atomic E-state index is 13.9. The van der Waals surface area contributed by atoms with Crippen LogP contribution in [0, 0.1) is 11.7 Å². The summed E-state index contributed by atoms with van der Waals surface area (Å²) in [4.78, 5) is 0. The Morgan fingerprint density at radius 1 is 1.30 bits per heavy atom. The Bertz CT molecular complexity index is 392. The quantitative estimate of drug-likeness (QED) is 0.685. The van der Waals surface area contributed by atoms with Gasteiger partial charge in [-0.2, -0.15) is 0 Å². The molecule has 20 heavy (non-hydrogen) atoms. The molecule has 0 bridgehead atoms. The molecule has 0 heterocycles. The average Bonchev–Trinajstić information content (AvgIpc) is 2.44. The SMILES string of the molecule is CC(C)CCOCCC(CN)(CO)c1ccccc1F. The molecule has 1 rings (SSSR count). The third kappa shape index (κ3) is 4.54. The minimum Gasteiger partial charge on any atom is -0.395 e. The van der Waals surface area contributed by atoms with Crippen LogP contribution in [-0.2, 0) is 10.2 Å². The highest BCUT2D eigenvalue weighted by Gasteiger charge is 2.32. The topological polar surface area (TPSA) is 55.5 Å². The van der Waals surface area contributed by atoms with Crippen molar-refractivity contribution in [3.63, 3.8) is 0 Å². The van der Waals surface area contributed by atoms with E-state index in [1.807, 2.05) is 0 Å². The third-order valence-electron chi connectivity index (χ3n) is 3.70. The molecule has 1 aromatic carbocycles. The minimum atomic E-state index is -0.761. The summed E-state index contributed by atoms with van der Waals surface area (Å²) in [6, 6.07) is 6.48. The number of ether oxygens (including phenoxy) is 1. The Morgan fingerprint density at radius 3 is 2.55 bits per heavy atom. The number of halogens is 1. The van der Waals surface area contributed by atoms with Gasteiger partial charge in [0.1, 0.15) is 5.82 Å². The lowest BCUT2D eigenvalue weighted by atomic mass is 9.78. The van der Waals surface area contributed by atoms with Gasteiger partial charge in [0.2, 0.25) is 0 Å². The Balaban J connectivity index is 2.66. The van der Waals surface area contributed by atoms with Crippen molar-refractivity contribution in [2.75, 3.05) is 26.4 Å². The number of hydrogen-bond donors (Lipinski definition) is 2. The summed E-state index contributed by atoms with van der Waals surface area (Å²) in [6.07, 6.45) is 1.51. The van der Waals surface area contributed by atoms with Crippen LogP contribution in [0.15, 0.2) is 24.3 Å². The van der Waals surface area contributed by atoms with E-state index in [4.69, 9.17) is 10.5 Å². The zero-order valence-electron chi connectivity index (χ0n) is 12.4. The number of hydrogen-bond acceptors (Lipinski definition) is 3. The summed E-state index contributed by atoms with van der Waals surface area (Å²) >= 11 is 0. The fourth-order valence-corrected chi connectivity index (χ4v) is 2.16. The highest BCUT2D eigenvalue weighted by Crippen LogP contribution is 2.29. The lowest BCUT2D eigenvalue weighted by Gasteiger charge is -2.31. The van der Waals surface area contributed by atoms with Gasteiger partial charge in [-0.25, -0.2) is 4.39 Å². The summed E-state index contributed by atoms with van der Waals surface area (Å²) in [5.41, 5.74) is 5.51. The van der Waals surface area contributed by atoms with Crippen molar-refractivity contribution in [2.24, 2.45) is 11.7 Å². The maximum Gasteiger partial charge on any atom is 0.127 e. The summed E-state index contributed by atoms with van der Waals surface area (Å²) in [5, 5.41) is 9.70. The predicted octanol–water partition coefficient (Wildman–Crippen LogP) is 2.47. The second kappa shape index (κ2) is 8.35. The van der Waals surface area contributed by atoms with Crippen molar-refractivity contribution in [3.8, 4) is 0 Å². The second-order valence-corrected chi connectivity index (χ2v) is 5.67. The molecule has 114 valence electrons. The molecule has 0 saturated heterocycles. The van der Waals surface area contributed by atoms with E-state index in [9.17, 15) is 9.50 Å². The average molecular weight is 283 g/mol. The van der Waals surface area contributed by atoms with E-state index in [-0.39, 0.29) is 19.0 Å². The van der Waals surface area contributed by atoms with E-state index >= 15 is 0 Å². The lowest BCUT2D eigenvalue weighted by Crippen LogP contribution is -2.40. The van der Waals surface area contributed by atoms with Gasteiger partial charge in [-0.05, 0) is 30.4 Å². The lowest BCUT2D eigenvalue weighted by molar-refractivity contribution is 0.0873. The number of nitrogens with two attached hydrogens (primary N) is 1. The monoisotopic (exact) mass is 283 g/mol. The first-order valence-electron chi connectivity index (χ1n) is 7.19. The normalized spacial score (nSPS) is 14.5. The first-order chi connectivity index (χ1) is 9.55. The van der Waals surface area contributed by atoms with Crippen LogP contribution in [0.2, 0.25) is 0 Å². The molecule has 1 aromatic rings. The number of aliphatic hydroxyl groups is 1. The van der Waals surface area contributed by atoms with Crippen LogP contribution in [0.4, 0.5) is 4.39 Å². The Hall–Kier alpha value is -0.970. The highest BCUT2D eigenvalue weighted by molar-refractivity contribution is 5.28. The zero-order chi connectivity index (χ0) is 15.0. The van der Waals surface area contributed by atoms with Gasteiger partial charge in [0.15, 0.2) is 0 Å². The van der Waals surface area contributed by atoms with Crippen LogP contribution in [-0.4, -0.2) is 31.5 Å². The van der Waals surface area contributed by atoms with E-state index in [1.54, 1.807) is 18.2 Å². The van der Waals surface area contributed by atoms with Gasteiger partial charge >= 0.3 is 0 Å². The molecule has 0 aliphatic rings. The van der Waals surface area contributed by atoms with Crippen molar-refractivity contribution in [2.45, 2.75) is 32.1 Å². The molecule has 0 saturated carbocycles. The molecule has 0 aliphatic carbocycles. The van der Waals surface area contributed by atoms with Crippen LogP contribution in [0.5, 0.6) is 0 Å². The first-order valence-corrected chi connectivity index (χ1v) is 7.19. The number of rotatable bonds is 9. The van der Waals surface area contributed by atoms with Crippen LogP contribution < -0.4 is 5.73 Å². The largest absolute Gasteiger partial charge is 0.395 e. The Labute approximate surface area is 120 Å². The number of aliphatic hydroxyl groups excluding tert-OH is 1. The van der Waals surface area contributed by atoms with Gasteiger partial charge < -0.3 is 15.6 Å². The summed E-state index contributed by atoms with van der Waals surface area (Å²) in [6.45, 7) is 5.44. The second-order valence-electron chi connectivity index (χ2n) is 5.67. The summed E-state index contributed by atoms with van der Waals surface area (Å²) in [5.74, 6) is 0.271. The predicted molar refractivity (Wildman–Crippen MR) is 79.1 cm³/mol. The summed E-state index contributed by atoms with van der Waals surface area (Å²) in [7, 11) is 0. The molecular weight excluding hydrogens is 257 g/mol. The Kier molecular flexibility index (Phi) is 7.13. The molecule has 1 atom stereocenters. The van der Waals surface area contributed by atoms with Crippen LogP contribution in [0.25, 0.3) is 0 Å². The van der Waals surface area contributed by atoms with Crippen LogP contribution in [0.3, 0.4) is 0 Å². The van der Waals surface area contributed by atoms with Gasteiger partial charge in [0.25, 0.3) is 0 Å². The zero-order valence-corrected chi connectivity index (χ0v) is 12.4. The van der Waals surface area contributed by atoms with E-state index in [0.29, 0.717) is 31.1 Å². The van der Waals surface area contributed by atoms with Crippen LogP contribution >= 0.6 is 0 Å². The van der Waals surface area contributed by atoms with Crippen molar-refractivity contribution in [1.29, 1.82) is 0 Å². The first kappa shape index (κ1) is 17.1. The van der Waals surface area contributed by atoms with Crippen molar-refractivity contribution in [1.82, 2.24) is 0 Å². The minimum absolute atomic E-state index is 0.183. The summed E-state index contributed by atoms with van der Waals surface area (Å²) < 4.78 is 19.5. The molecule has 3 nitrogen and oxygen atoms in total. The van der Waals surface area contributed by atoms with Gasteiger partial charge in [0.05, 0.1) is 6.61 Å².